The molecule has 6 heteroatoms. The second-order valence-electron chi connectivity index (χ2n) is 5.18. The summed E-state index contributed by atoms with van der Waals surface area (Å²) in [7, 11) is 2.10. The third kappa shape index (κ3) is 2.46. The molecular formula is C14H18N4O2. The number of hydrogen-bond acceptors (Lipinski definition) is 4. The van der Waals surface area contributed by atoms with E-state index in [1.165, 1.54) is 12.8 Å². The number of nitrogens with one attached hydrogen (secondary N) is 1. The molecule has 0 aromatic carbocycles. The van der Waals surface area contributed by atoms with Gasteiger partial charge in [-0.1, -0.05) is 6.07 Å². The van der Waals surface area contributed by atoms with Crippen molar-refractivity contribution in [2.24, 2.45) is 0 Å². The van der Waals surface area contributed by atoms with Crippen LogP contribution in [0.5, 0.6) is 0 Å². The maximum absolute atomic E-state index is 11.4. The van der Waals surface area contributed by atoms with Gasteiger partial charge in [0.05, 0.1) is 0 Å². The summed E-state index contributed by atoms with van der Waals surface area (Å²) in [6, 6.07) is 6.15. The first-order chi connectivity index (χ1) is 9.66. The number of likely N-dealkylation sites (N-methyl/N-ethyl adjacent to an activating group) is 1. The molecule has 1 aliphatic rings. The van der Waals surface area contributed by atoms with Gasteiger partial charge in [-0.05, 0) is 32.0 Å². The fourth-order valence-corrected chi connectivity index (χ4v) is 2.37. The SMILES string of the molecule is CN(CCNc1nc2ccccn2c1C(=O)O)C1CC1. The predicted molar refractivity (Wildman–Crippen MR) is 76.3 cm³/mol. The molecule has 0 bridgehead atoms. The number of nitrogens with zero attached hydrogens (tertiary/aromatic N) is 3. The van der Waals surface area contributed by atoms with Crippen molar-refractivity contribution in [3.8, 4) is 0 Å². The molecule has 0 saturated heterocycles. The van der Waals surface area contributed by atoms with Crippen LogP contribution in [0.25, 0.3) is 5.65 Å². The molecule has 1 fully saturated rings. The molecule has 6 nitrogen and oxygen atoms in total. The largest absolute Gasteiger partial charge is 0.476 e. The van der Waals surface area contributed by atoms with Crippen molar-refractivity contribution in [2.75, 3.05) is 25.5 Å². The molecule has 0 unspecified atom stereocenters. The predicted octanol–water partition coefficient (Wildman–Crippen LogP) is 1.54. The standard InChI is InChI=1S/C14H18N4O2/c1-17(10-5-6-10)9-7-15-13-12(14(19)20)18-8-3-2-4-11(18)16-13/h2-4,8,10,15H,5-7,9H2,1H3,(H,19,20). The molecule has 20 heavy (non-hydrogen) atoms. The number of anilines is 1. The molecule has 1 saturated carbocycles. The van der Waals surface area contributed by atoms with Gasteiger partial charge in [0.25, 0.3) is 0 Å². The molecular weight excluding hydrogens is 256 g/mol. The smallest absolute Gasteiger partial charge is 0.356 e. The van der Waals surface area contributed by atoms with Gasteiger partial charge in [-0.3, -0.25) is 4.40 Å². The Bertz CT molecular complexity index is 633. The van der Waals surface area contributed by atoms with Crippen LogP contribution < -0.4 is 5.32 Å². The van der Waals surface area contributed by atoms with Crippen LogP contribution in [-0.2, 0) is 0 Å². The van der Waals surface area contributed by atoms with Crippen LogP contribution in [0, 0.1) is 0 Å². The van der Waals surface area contributed by atoms with Gasteiger partial charge in [-0.25, -0.2) is 9.78 Å². The Morgan fingerprint density at radius 2 is 2.35 bits per heavy atom. The molecule has 2 heterocycles. The van der Waals surface area contributed by atoms with Gasteiger partial charge in [0.2, 0.25) is 0 Å². The lowest BCUT2D eigenvalue weighted by Crippen LogP contribution is -2.27. The lowest BCUT2D eigenvalue weighted by Gasteiger charge is -2.15. The number of hydrogen-bond donors (Lipinski definition) is 2. The topological polar surface area (TPSA) is 69.9 Å². The van der Waals surface area contributed by atoms with E-state index < -0.39 is 5.97 Å². The Labute approximate surface area is 117 Å². The summed E-state index contributed by atoms with van der Waals surface area (Å²) >= 11 is 0. The number of aromatic carboxylic acids is 1. The van der Waals surface area contributed by atoms with Crippen molar-refractivity contribution >= 4 is 17.4 Å². The molecule has 2 aromatic heterocycles. The van der Waals surface area contributed by atoms with E-state index in [2.05, 4.69) is 22.2 Å². The minimum absolute atomic E-state index is 0.190. The first kappa shape index (κ1) is 12.9. The van der Waals surface area contributed by atoms with Crippen molar-refractivity contribution in [2.45, 2.75) is 18.9 Å². The number of fused-ring (bicyclic) bond motifs is 1. The molecule has 0 spiro atoms. The van der Waals surface area contributed by atoms with Crippen molar-refractivity contribution in [1.82, 2.24) is 14.3 Å². The monoisotopic (exact) mass is 274 g/mol. The van der Waals surface area contributed by atoms with Gasteiger partial charge < -0.3 is 15.3 Å². The number of rotatable bonds is 6. The summed E-state index contributed by atoms with van der Waals surface area (Å²) in [6.07, 6.45) is 4.25. The number of pyridine rings is 1. The van der Waals surface area contributed by atoms with Gasteiger partial charge in [0.15, 0.2) is 11.5 Å². The van der Waals surface area contributed by atoms with Gasteiger partial charge in [-0.15, -0.1) is 0 Å². The first-order valence-electron chi connectivity index (χ1n) is 6.81. The highest BCUT2D eigenvalue weighted by Gasteiger charge is 2.25. The highest BCUT2D eigenvalue weighted by atomic mass is 16.4. The van der Waals surface area contributed by atoms with Crippen LogP contribution >= 0.6 is 0 Å². The zero-order valence-electron chi connectivity index (χ0n) is 11.4. The second-order valence-corrected chi connectivity index (χ2v) is 5.18. The Hall–Kier alpha value is -2.08. The van der Waals surface area contributed by atoms with Gasteiger partial charge in [0, 0.05) is 25.3 Å². The number of imidazole rings is 1. The Balaban J connectivity index is 1.76. The second kappa shape index (κ2) is 5.13. The molecule has 3 rings (SSSR count). The van der Waals surface area contributed by atoms with Gasteiger partial charge in [-0.2, -0.15) is 0 Å². The first-order valence-corrected chi connectivity index (χ1v) is 6.81. The number of carbonyl (C=O) groups is 1. The summed E-state index contributed by atoms with van der Waals surface area (Å²) in [5.41, 5.74) is 0.831. The summed E-state index contributed by atoms with van der Waals surface area (Å²) in [5.74, 6) is -0.533. The summed E-state index contributed by atoms with van der Waals surface area (Å²) < 4.78 is 1.59. The van der Waals surface area contributed by atoms with Crippen LogP contribution in [0.3, 0.4) is 0 Å². The lowest BCUT2D eigenvalue weighted by molar-refractivity contribution is 0.0690. The molecule has 2 N–H and O–H groups in total. The zero-order valence-corrected chi connectivity index (χ0v) is 11.4. The van der Waals surface area contributed by atoms with Crippen LogP contribution in [0.1, 0.15) is 23.3 Å². The summed E-state index contributed by atoms with van der Waals surface area (Å²) in [4.78, 5) is 18.0. The molecule has 2 aromatic rings. The summed E-state index contributed by atoms with van der Waals surface area (Å²) in [6.45, 7) is 1.58. The van der Waals surface area contributed by atoms with Crippen molar-refractivity contribution in [1.29, 1.82) is 0 Å². The van der Waals surface area contributed by atoms with E-state index in [-0.39, 0.29) is 5.69 Å². The van der Waals surface area contributed by atoms with E-state index in [0.29, 0.717) is 24.1 Å². The molecule has 1 aliphatic carbocycles. The van der Waals surface area contributed by atoms with E-state index in [1.54, 1.807) is 22.7 Å². The number of aromatic nitrogens is 2. The third-order valence-corrected chi connectivity index (χ3v) is 3.66. The quantitative estimate of drug-likeness (QED) is 0.836. The van der Waals surface area contributed by atoms with E-state index >= 15 is 0 Å². The van der Waals surface area contributed by atoms with Gasteiger partial charge in [0.1, 0.15) is 5.65 Å². The maximum atomic E-state index is 11.4. The van der Waals surface area contributed by atoms with Crippen LogP contribution in [-0.4, -0.2) is 51.5 Å². The highest BCUT2D eigenvalue weighted by Crippen LogP contribution is 2.25. The Kier molecular flexibility index (Phi) is 3.31. The minimum Gasteiger partial charge on any atom is -0.476 e. The zero-order chi connectivity index (χ0) is 14.1. The molecule has 106 valence electrons. The van der Waals surface area contributed by atoms with Crippen molar-refractivity contribution in [3.63, 3.8) is 0 Å². The average molecular weight is 274 g/mol. The normalized spacial score (nSPS) is 14.9. The number of carboxylic acids is 1. The fraction of sp³-hybridized carbons (Fsp3) is 0.429. The van der Waals surface area contributed by atoms with Crippen LogP contribution in [0.2, 0.25) is 0 Å². The van der Waals surface area contributed by atoms with Crippen molar-refractivity contribution < 1.29 is 9.90 Å². The van der Waals surface area contributed by atoms with Crippen LogP contribution in [0.15, 0.2) is 24.4 Å². The highest BCUT2D eigenvalue weighted by molar-refractivity contribution is 5.92. The maximum Gasteiger partial charge on any atom is 0.356 e. The van der Waals surface area contributed by atoms with Crippen molar-refractivity contribution in [3.05, 3.63) is 30.1 Å². The average Bonchev–Trinajstić information content (AvgIpc) is 3.19. The molecule has 0 atom stereocenters. The van der Waals surface area contributed by atoms with E-state index in [0.717, 1.165) is 6.54 Å². The van der Waals surface area contributed by atoms with E-state index in [1.807, 2.05) is 6.07 Å². The third-order valence-electron chi connectivity index (χ3n) is 3.66. The Morgan fingerprint density at radius 1 is 1.55 bits per heavy atom. The van der Waals surface area contributed by atoms with E-state index in [9.17, 15) is 9.90 Å². The molecule has 0 aliphatic heterocycles. The van der Waals surface area contributed by atoms with Gasteiger partial charge >= 0.3 is 5.97 Å². The molecule has 0 amide bonds. The number of carboxylic acid groups (broad SMARTS) is 1. The fourth-order valence-electron chi connectivity index (χ4n) is 2.37. The lowest BCUT2D eigenvalue weighted by atomic mass is 10.4. The van der Waals surface area contributed by atoms with Crippen LogP contribution in [0.4, 0.5) is 5.82 Å². The minimum atomic E-state index is -0.971. The molecule has 0 radical (unpaired) electrons. The Morgan fingerprint density at radius 3 is 3.05 bits per heavy atom. The van der Waals surface area contributed by atoms with E-state index in [4.69, 9.17) is 0 Å². The summed E-state index contributed by atoms with van der Waals surface area (Å²) in [5, 5.41) is 12.5.